The molecule has 3 N–H and O–H groups in total. The molecule has 7 nitrogen and oxygen atoms in total. The molecule has 0 radical (unpaired) electrons. The SMILES string of the molecule is N[S+]([O-])c1ccc(Cc2c(-c3cccc(-c4cc(F)cc(F)c4)c3)nn(-c3nc(C(=O)O)cs3)c2CC2CC2)cc1F. The largest absolute Gasteiger partial charge is 0.593 e. The van der Waals surface area contributed by atoms with Crippen LogP contribution in [-0.2, 0) is 24.2 Å². The van der Waals surface area contributed by atoms with Crippen molar-refractivity contribution in [1.82, 2.24) is 14.8 Å². The second-order valence-corrected chi connectivity index (χ2v) is 12.0. The number of halogens is 3. The molecule has 2 aromatic heterocycles. The lowest BCUT2D eigenvalue weighted by atomic mass is 9.95. The maximum atomic E-state index is 14.8. The number of hydrogen-bond donors (Lipinski definition) is 2. The van der Waals surface area contributed by atoms with Crippen LogP contribution in [-0.4, -0.2) is 30.4 Å². The van der Waals surface area contributed by atoms with Crippen LogP contribution in [0, 0.1) is 23.4 Å². The van der Waals surface area contributed by atoms with E-state index >= 15 is 0 Å². The molecule has 0 spiro atoms. The Morgan fingerprint density at radius 1 is 1.05 bits per heavy atom. The van der Waals surface area contributed by atoms with Gasteiger partial charge in [0, 0.05) is 29.0 Å². The molecule has 1 unspecified atom stereocenters. The number of aromatic nitrogens is 3. The molecular formula is C30H23F3N4O3S2. The summed E-state index contributed by atoms with van der Waals surface area (Å²) in [6.45, 7) is 0. The number of carbonyl (C=O) groups is 1. The first-order valence-electron chi connectivity index (χ1n) is 13.0. The van der Waals surface area contributed by atoms with Crippen molar-refractivity contribution in [3.05, 3.63) is 106 Å². The summed E-state index contributed by atoms with van der Waals surface area (Å²) in [5.41, 5.74) is 4.19. The molecule has 6 rings (SSSR count). The Labute approximate surface area is 245 Å². The van der Waals surface area contributed by atoms with E-state index in [0.717, 1.165) is 41.5 Å². The Bertz CT molecular complexity index is 1800. The van der Waals surface area contributed by atoms with Crippen LogP contribution < -0.4 is 5.14 Å². The van der Waals surface area contributed by atoms with Gasteiger partial charge in [-0.15, -0.1) is 16.5 Å². The van der Waals surface area contributed by atoms with Crippen molar-refractivity contribution >= 4 is 28.7 Å². The van der Waals surface area contributed by atoms with Crippen LogP contribution in [0.3, 0.4) is 0 Å². The van der Waals surface area contributed by atoms with Crippen LogP contribution in [0.2, 0.25) is 0 Å². The van der Waals surface area contributed by atoms with Crippen molar-refractivity contribution in [3.63, 3.8) is 0 Å². The van der Waals surface area contributed by atoms with Crippen LogP contribution in [0.1, 0.15) is 40.2 Å². The molecule has 1 atom stereocenters. The number of aromatic carboxylic acids is 1. The van der Waals surface area contributed by atoms with Crippen LogP contribution in [0.15, 0.2) is 70.9 Å². The first kappa shape index (κ1) is 28.2. The van der Waals surface area contributed by atoms with Crippen LogP contribution >= 0.6 is 11.3 Å². The lowest BCUT2D eigenvalue weighted by molar-refractivity contribution is 0.0691. The molecule has 3 aromatic carbocycles. The van der Waals surface area contributed by atoms with E-state index < -0.39 is 34.8 Å². The molecule has 0 aliphatic heterocycles. The fourth-order valence-corrected chi connectivity index (χ4v) is 6.14. The number of nitrogens with two attached hydrogens (primary N) is 1. The van der Waals surface area contributed by atoms with Crippen LogP contribution in [0.25, 0.3) is 27.5 Å². The number of carboxylic acids is 1. The standard InChI is InChI=1S/C30H23F3N4O3S2/c31-21-12-20(13-22(32)14-21)18-2-1-3-19(11-18)28-23(8-17-6-7-27(42(34)40)24(33)9-17)26(10-16-4-5-16)37(36-28)30-35-25(15-41-30)29(38)39/h1-3,6-7,9,11-16H,4-5,8,10,34H2,(H,38,39). The molecule has 0 amide bonds. The number of rotatable bonds is 9. The minimum atomic E-state index is -1.98. The van der Waals surface area contributed by atoms with E-state index in [0.29, 0.717) is 45.4 Å². The highest BCUT2D eigenvalue weighted by atomic mass is 32.2. The van der Waals surface area contributed by atoms with Crippen molar-refractivity contribution in [2.24, 2.45) is 11.1 Å². The van der Waals surface area contributed by atoms with Gasteiger partial charge < -0.3 is 9.66 Å². The molecule has 1 aliphatic rings. The van der Waals surface area contributed by atoms with Gasteiger partial charge in [0.1, 0.15) is 11.6 Å². The molecule has 12 heteroatoms. The third kappa shape index (κ3) is 5.84. The van der Waals surface area contributed by atoms with E-state index in [1.165, 1.54) is 29.6 Å². The highest BCUT2D eigenvalue weighted by Gasteiger charge is 2.29. The molecular weight excluding hydrogens is 585 g/mol. The molecule has 1 saturated carbocycles. The lowest BCUT2D eigenvalue weighted by Gasteiger charge is -2.11. The third-order valence-corrected chi connectivity index (χ3v) is 8.67. The first-order chi connectivity index (χ1) is 20.2. The van der Waals surface area contributed by atoms with E-state index in [4.69, 9.17) is 10.2 Å². The fraction of sp³-hybridized carbons (Fsp3) is 0.167. The predicted octanol–water partition coefficient (Wildman–Crippen LogP) is 6.30. The summed E-state index contributed by atoms with van der Waals surface area (Å²) in [4.78, 5) is 15.8. The maximum absolute atomic E-state index is 14.8. The molecule has 5 aromatic rings. The summed E-state index contributed by atoms with van der Waals surface area (Å²) in [7, 11) is 0. The van der Waals surface area contributed by atoms with Gasteiger partial charge in [-0.05, 0) is 72.2 Å². The highest BCUT2D eigenvalue weighted by Crippen LogP contribution is 2.39. The Morgan fingerprint density at radius 2 is 1.79 bits per heavy atom. The third-order valence-electron chi connectivity index (χ3n) is 7.09. The van der Waals surface area contributed by atoms with Crippen LogP contribution in [0.5, 0.6) is 0 Å². The van der Waals surface area contributed by atoms with Crippen molar-refractivity contribution in [3.8, 4) is 27.5 Å². The summed E-state index contributed by atoms with van der Waals surface area (Å²) in [6, 6.07) is 14.7. The Hall–Kier alpha value is -3.97. The monoisotopic (exact) mass is 608 g/mol. The average molecular weight is 609 g/mol. The number of benzene rings is 3. The van der Waals surface area contributed by atoms with Crippen molar-refractivity contribution in [2.45, 2.75) is 30.6 Å². The van der Waals surface area contributed by atoms with E-state index in [2.05, 4.69) is 4.98 Å². The lowest BCUT2D eigenvalue weighted by Crippen LogP contribution is -2.14. The van der Waals surface area contributed by atoms with Gasteiger partial charge in [0.05, 0.1) is 22.7 Å². The Morgan fingerprint density at radius 3 is 2.43 bits per heavy atom. The normalized spacial score (nSPS) is 13.8. The smallest absolute Gasteiger partial charge is 0.355 e. The van der Waals surface area contributed by atoms with E-state index in [1.807, 2.05) is 6.07 Å². The van der Waals surface area contributed by atoms with Gasteiger partial charge in [-0.3, -0.25) is 0 Å². The van der Waals surface area contributed by atoms with Gasteiger partial charge in [0.15, 0.2) is 11.5 Å². The summed E-state index contributed by atoms with van der Waals surface area (Å²) >= 11 is -0.835. The number of carboxylic acid groups (broad SMARTS) is 1. The van der Waals surface area contributed by atoms with Gasteiger partial charge in [0.2, 0.25) is 10.0 Å². The van der Waals surface area contributed by atoms with Crippen molar-refractivity contribution < 1.29 is 27.6 Å². The molecule has 42 heavy (non-hydrogen) atoms. The van der Waals surface area contributed by atoms with Gasteiger partial charge >= 0.3 is 5.97 Å². The van der Waals surface area contributed by atoms with E-state index in [1.54, 1.807) is 28.9 Å². The average Bonchev–Trinajstić information content (AvgIpc) is 3.50. The molecule has 2 heterocycles. The topological polar surface area (TPSA) is 117 Å². The van der Waals surface area contributed by atoms with E-state index in [9.17, 15) is 27.6 Å². The fourth-order valence-electron chi connectivity index (χ4n) is 4.91. The molecule has 1 aliphatic carbocycles. The molecule has 0 saturated heterocycles. The maximum Gasteiger partial charge on any atom is 0.355 e. The summed E-state index contributed by atoms with van der Waals surface area (Å²) in [5, 5.41) is 21.6. The second-order valence-electron chi connectivity index (χ2n) is 10.1. The Balaban J connectivity index is 1.52. The molecule has 214 valence electrons. The minimum absolute atomic E-state index is 0.103. The summed E-state index contributed by atoms with van der Waals surface area (Å²) in [6.07, 6.45) is 2.96. The predicted molar refractivity (Wildman–Crippen MR) is 153 cm³/mol. The van der Waals surface area contributed by atoms with Gasteiger partial charge in [-0.25, -0.2) is 27.6 Å². The van der Waals surface area contributed by atoms with Crippen LogP contribution in [0.4, 0.5) is 13.2 Å². The zero-order valence-electron chi connectivity index (χ0n) is 21.9. The zero-order chi connectivity index (χ0) is 29.5. The molecule has 1 fully saturated rings. The summed E-state index contributed by atoms with van der Waals surface area (Å²) < 4.78 is 56.2. The molecule has 0 bridgehead atoms. The number of nitrogens with zero attached hydrogens (tertiary/aromatic N) is 3. The Kier molecular flexibility index (Phi) is 7.62. The highest BCUT2D eigenvalue weighted by molar-refractivity contribution is 7.89. The van der Waals surface area contributed by atoms with Gasteiger partial charge in [0.25, 0.3) is 0 Å². The summed E-state index contributed by atoms with van der Waals surface area (Å²) in [5.74, 6) is -2.84. The first-order valence-corrected chi connectivity index (χ1v) is 15.1. The number of hydrogen-bond acceptors (Lipinski definition) is 6. The minimum Gasteiger partial charge on any atom is -0.593 e. The van der Waals surface area contributed by atoms with Gasteiger partial charge in [-0.1, -0.05) is 24.3 Å². The zero-order valence-corrected chi connectivity index (χ0v) is 23.5. The quantitative estimate of drug-likeness (QED) is 0.190. The number of thiazole rings is 1. The van der Waals surface area contributed by atoms with Crippen molar-refractivity contribution in [2.75, 3.05) is 0 Å². The van der Waals surface area contributed by atoms with E-state index in [-0.39, 0.29) is 17.0 Å². The van der Waals surface area contributed by atoms with Crippen molar-refractivity contribution in [1.29, 1.82) is 0 Å². The second kappa shape index (κ2) is 11.4. The van der Waals surface area contributed by atoms with Gasteiger partial charge in [-0.2, -0.15) is 5.10 Å².